The van der Waals surface area contributed by atoms with Crippen molar-refractivity contribution in [3.8, 4) is 0 Å². The summed E-state index contributed by atoms with van der Waals surface area (Å²) in [4.78, 5) is 23.2. The molecule has 4 atom stereocenters. The Morgan fingerprint density at radius 2 is 1.74 bits per heavy atom. The van der Waals surface area contributed by atoms with Gasteiger partial charge in [0, 0.05) is 12.0 Å². The molecule has 0 heterocycles. The van der Waals surface area contributed by atoms with E-state index in [2.05, 4.69) is 18.2 Å². The summed E-state index contributed by atoms with van der Waals surface area (Å²) in [6, 6.07) is 0. The maximum Gasteiger partial charge on any atom is 0.414 e. The second-order valence-corrected chi connectivity index (χ2v) is 9.37. The Hall–Kier alpha value is -1.93. The molecule has 3 fully saturated rings. The number of allylic oxidation sites excluding steroid dienone is 2. The zero-order valence-corrected chi connectivity index (χ0v) is 18.5. The number of rotatable bonds is 6. The predicted molar refractivity (Wildman–Crippen MR) is 118 cm³/mol. The lowest BCUT2D eigenvalue weighted by molar-refractivity contribution is -0.159. The van der Waals surface area contributed by atoms with Gasteiger partial charge in [0.05, 0.1) is 11.8 Å². The van der Waals surface area contributed by atoms with Gasteiger partial charge in [-0.25, -0.2) is 9.59 Å². The minimum Gasteiger partial charge on any atom is -0.473 e. The van der Waals surface area contributed by atoms with Crippen molar-refractivity contribution in [2.75, 3.05) is 13.2 Å². The van der Waals surface area contributed by atoms with Crippen LogP contribution in [0.15, 0.2) is 17.3 Å². The number of nitrogens with two attached hydrogens (primary N) is 1. The summed E-state index contributed by atoms with van der Waals surface area (Å²) in [6.45, 7) is 3.25. The van der Waals surface area contributed by atoms with Gasteiger partial charge in [-0.2, -0.15) is 0 Å². The van der Waals surface area contributed by atoms with Crippen LogP contribution >= 0.6 is 0 Å². The Morgan fingerprint density at radius 3 is 2.35 bits per heavy atom. The highest BCUT2D eigenvalue weighted by Crippen LogP contribution is 2.61. The average molecular weight is 439 g/mol. The lowest BCUT2D eigenvalue weighted by atomic mass is 9.57. The Morgan fingerprint density at radius 1 is 1.06 bits per heavy atom. The van der Waals surface area contributed by atoms with Crippen molar-refractivity contribution >= 4 is 18.2 Å². The van der Waals surface area contributed by atoms with E-state index in [1.807, 2.05) is 6.08 Å². The van der Waals surface area contributed by atoms with E-state index in [0.717, 1.165) is 37.5 Å². The quantitative estimate of drug-likeness (QED) is 0.216. The van der Waals surface area contributed by atoms with Crippen molar-refractivity contribution in [1.82, 2.24) is 0 Å². The van der Waals surface area contributed by atoms with Crippen LogP contribution in [-0.4, -0.2) is 52.2 Å². The monoisotopic (exact) mass is 438 g/mol. The molecule has 0 aromatic heterocycles. The van der Waals surface area contributed by atoms with Crippen LogP contribution in [-0.2, 0) is 14.4 Å². The van der Waals surface area contributed by atoms with E-state index < -0.39 is 17.5 Å². The highest BCUT2D eigenvalue weighted by Gasteiger charge is 2.58. The number of carbonyl (C=O) groups is 2. The van der Waals surface area contributed by atoms with Crippen molar-refractivity contribution in [2.24, 2.45) is 34.1 Å². The fraction of sp³-hybridized carbons (Fsp3) is 0.783. The SMILES string of the molecule is C[C@]12CC[C@H](C3CCCCC3)C[C@@]1(O)CC[C@@H]2C=CC=NOCCN.O=C(O)C(=O)O. The molecule has 0 aliphatic heterocycles. The van der Waals surface area contributed by atoms with Gasteiger partial charge in [-0.3, -0.25) is 0 Å². The zero-order valence-electron chi connectivity index (χ0n) is 18.5. The molecule has 176 valence electrons. The molecule has 3 rings (SSSR count). The smallest absolute Gasteiger partial charge is 0.414 e. The molecule has 0 aromatic carbocycles. The molecule has 3 aliphatic carbocycles. The standard InChI is InChI=1S/C21H36N2O2.C2H2O4/c1-20-11-9-18(17-6-3-2-4-7-17)16-21(20,24)12-10-19(20)8-5-14-23-25-15-13-22;3-1(4)2(5)6/h5,8,14,17-19,24H,2-4,6-7,9-13,15-16,22H2,1H3;(H,3,4)(H,5,6)/t18-,19-,20+,21-;/m0./s1. The van der Waals surface area contributed by atoms with Gasteiger partial charge in [-0.1, -0.05) is 50.3 Å². The number of nitrogens with zero attached hydrogens (tertiary/aromatic N) is 1. The summed E-state index contributed by atoms with van der Waals surface area (Å²) in [5.74, 6) is -1.60. The van der Waals surface area contributed by atoms with Crippen molar-refractivity contribution in [2.45, 2.75) is 76.7 Å². The Bertz CT molecular complexity index is 648. The van der Waals surface area contributed by atoms with Gasteiger partial charge in [0.1, 0.15) is 6.61 Å². The van der Waals surface area contributed by atoms with Gasteiger partial charge < -0.3 is 25.9 Å². The molecule has 8 heteroatoms. The highest BCUT2D eigenvalue weighted by molar-refractivity contribution is 6.27. The second kappa shape index (κ2) is 11.6. The molecule has 0 radical (unpaired) electrons. The first-order valence-electron chi connectivity index (χ1n) is 11.4. The van der Waals surface area contributed by atoms with Gasteiger partial charge in [0.25, 0.3) is 0 Å². The molecule has 3 saturated carbocycles. The molecule has 5 N–H and O–H groups in total. The van der Waals surface area contributed by atoms with Crippen molar-refractivity contribution in [1.29, 1.82) is 0 Å². The third-order valence-corrected chi connectivity index (χ3v) is 7.66. The number of hydrogen-bond acceptors (Lipinski definition) is 6. The first kappa shape index (κ1) is 25.3. The molecule has 0 saturated heterocycles. The summed E-state index contributed by atoms with van der Waals surface area (Å²) < 4.78 is 0. The van der Waals surface area contributed by atoms with Crippen LogP contribution in [0.5, 0.6) is 0 Å². The first-order valence-corrected chi connectivity index (χ1v) is 11.4. The van der Waals surface area contributed by atoms with Gasteiger partial charge in [-0.05, 0) is 55.9 Å². The molecular weight excluding hydrogens is 400 g/mol. The third kappa shape index (κ3) is 6.53. The Balaban J connectivity index is 0.000000501. The van der Waals surface area contributed by atoms with Crippen LogP contribution in [0, 0.1) is 23.2 Å². The Kier molecular flexibility index (Phi) is 9.50. The molecular formula is C23H38N2O6. The van der Waals surface area contributed by atoms with Gasteiger partial charge >= 0.3 is 11.9 Å². The number of carboxylic acids is 2. The molecule has 0 aromatic rings. The maximum atomic E-state index is 11.5. The minimum absolute atomic E-state index is 0.0145. The molecule has 31 heavy (non-hydrogen) atoms. The molecule has 0 spiro atoms. The number of aliphatic hydroxyl groups is 1. The topological polar surface area (TPSA) is 142 Å². The van der Waals surface area contributed by atoms with E-state index >= 15 is 0 Å². The van der Waals surface area contributed by atoms with E-state index in [1.165, 1.54) is 38.5 Å². The Labute approximate surface area is 184 Å². The van der Waals surface area contributed by atoms with Gasteiger partial charge in [-0.15, -0.1) is 0 Å². The summed E-state index contributed by atoms with van der Waals surface area (Å²) in [7, 11) is 0. The minimum atomic E-state index is -1.82. The molecule has 0 amide bonds. The largest absolute Gasteiger partial charge is 0.473 e. The summed E-state index contributed by atoms with van der Waals surface area (Å²) in [5.41, 5.74) is 4.91. The van der Waals surface area contributed by atoms with E-state index in [1.54, 1.807) is 6.21 Å². The van der Waals surface area contributed by atoms with E-state index in [4.69, 9.17) is 30.4 Å². The number of oxime groups is 1. The zero-order chi connectivity index (χ0) is 22.9. The van der Waals surface area contributed by atoms with Crippen molar-refractivity contribution < 1.29 is 29.7 Å². The molecule has 0 bridgehead atoms. The fourth-order valence-electron chi connectivity index (χ4n) is 5.80. The first-order chi connectivity index (χ1) is 14.7. The van der Waals surface area contributed by atoms with E-state index in [9.17, 15) is 5.11 Å². The highest BCUT2D eigenvalue weighted by atomic mass is 16.6. The van der Waals surface area contributed by atoms with Crippen LogP contribution in [0.25, 0.3) is 0 Å². The lowest BCUT2D eigenvalue weighted by Crippen LogP contribution is -2.50. The van der Waals surface area contributed by atoms with Crippen molar-refractivity contribution in [3.63, 3.8) is 0 Å². The summed E-state index contributed by atoms with van der Waals surface area (Å²) in [5, 5.41) is 30.2. The maximum absolute atomic E-state index is 11.5. The molecule has 8 nitrogen and oxygen atoms in total. The third-order valence-electron chi connectivity index (χ3n) is 7.66. The lowest BCUT2D eigenvalue weighted by Gasteiger charge is -2.51. The summed E-state index contributed by atoms with van der Waals surface area (Å²) >= 11 is 0. The second-order valence-electron chi connectivity index (χ2n) is 9.37. The average Bonchev–Trinajstić information content (AvgIpc) is 3.01. The van der Waals surface area contributed by atoms with E-state index in [-0.39, 0.29) is 5.41 Å². The van der Waals surface area contributed by atoms with Crippen LogP contribution in [0.3, 0.4) is 0 Å². The van der Waals surface area contributed by atoms with Crippen LogP contribution < -0.4 is 5.73 Å². The number of carboxylic acid groups (broad SMARTS) is 2. The van der Waals surface area contributed by atoms with Crippen LogP contribution in [0.2, 0.25) is 0 Å². The number of fused-ring (bicyclic) bond motifs is 1. The van der Waals surface area contributed by atoms with E-state index in [0.29, 0.717) is 19.1 Å². The predicted octanol–water partition coefficient (Wildman–Crippen LogP) is 3.19. The van der Waals surface area contributed by atoms with Crippen LogP contribution in [0.1, 0.15) is 71.1 Å². The van der Waals surface area contributed by atoms with Gasteiger partial charge in [0.15, 0.2) is 0 Å². The summed E-state index contributed by atoms with van der Waals surface area (Å²) in [6.07, 6.45) is 18.4. The molecule has 0 unspecified atom stereocenters. The molecule has 3 aliphatic rings. The van der Waals surface area contributed by atoms with Crippen LogP contribution in [0.4, 0.5) is 0 Å². The normalized spacial score (nSPS) is 33.6. The van der Waals surface area contributed by atoms with Crippen molar-refractivity contribution in [3.05, 3.63) is 12.2 Å². The number of hydrogen-bond donors (Lipinski definition) is 4. The fourth-order valence-corrected chi connectivity index (χ4v) is 5.80. The van der Waals surface area contributed by atoms with Gasteiger partial charge in [0.2, 0.25) is 0 Å². The number of aliphatic carboxylic acids is 2.